The minimum atomic E-state index is -4.36. The van der Waals surface area contributed by atoms with Gasteiger partial charge in [-0.2, -0.15) is 18.2 Å². The highest BCUT2D eigenvalue weighted by molar-refractivity contribution is 7.18. The first-order valence-electron chi connectivity index (χ1n) is 7.92. The third-order valence-electron chi connectivity index (χ3n) is 4.47. The van der Waals surface area contributed by atoms with Crippen LogP contribution in [0.5, 0.6) is 0 Å². The number of aryl methyl sites for hydroxylation is 2. The predicted octanol–water partition coefficient (Wildman–Crippen LogP) is 3.82. The Morgan fingerprint density at radius 1 is 1.20 bits per heavy atom. The van der Waals surface area contributed by atoms with Crippen molar-refractivity contribution in [3.63, 3.8) is 0 Å². The van der Waals surface area contributed by atoms with Crippen LogP contribution in [0.15, 0.2) is 22.7 Å². The molecule has 1 fully saturated rings. The summed E-state index contributed by atoms with van der Waals surface area (Å²) in [5, 5.41) is 4.69. The Balaban J connectivity index is 1.48. The van der Waals surface area contributed by atoms with E-state index >= 15 is 0 Å². The number of hydrogen-bond donors (Lipinski definition) is 1. The Bertz CT molecular complexity index is 914. The van der Waals surface area contributed by atoms with Gasteiger partial charge >= 0.3 is 6.18 Å². The van der Waals surface area contributed by atoms with Gasteiger partial charge in [0.2, 0.25) is 5.89 Å². The lowest BCUT2D eigenvalue weighted by Crippen LogP contribution is -2.44. The topological polar surface area (TPSA) is 77.8 Å². The lowest BCUT2D eigenvalue weighted by Gasteiger charge is -2.34. The second kappa shape index (κ2) is 5.77. The first kappa shape index (κ1) is 16.5. The summed E-state index contributed by atoms with van der Waals surface area (Å²) in [4.78, 5) is 8.63. The third-order valence-corrected chi connectivity index (χ3v) is 5.57. The van der Waals surface area contributed by atoms with Crippen molar-refractivity contribution in [1.82, 2.24) is 15.1 Å². The van der Waals surface area contributed by atoms with E-state index in [4.69, 9.17) is 10.3 Å². The molecular formula is C16H15F3N4OS. The molecule has 9 heteroatoms. The zero-order valence-corrected chi connectivity index (χ0v) is 14.0. The average Bonchev–Trinajstić information content (AvgIpc) is 3.15. The molecule has 2 aromatic heterocycles. The number of aromatic nitrogens is 3. The average molecular weight is 368 g/mol. The lowest BCUT2D eigenvalue weighted by atomic mass is 9.77. The number of benzene rings is 1. The molecule has 1 aromatic carbocycles. The predicted molar refractivity (Wildman–Crippen MR) is 86.0 cm³/mol. The molecule has 4 rings (SSSR count). The Morgan fingerprint density at radius 2 is 2.00 bits per heavy atom. The van der Waals surface area contributed by atoms with Crippen molar-refractivity contribution >= 4 is 21.6 Å². The molecule has 2 N–H and O–H groups in total. The minimum Gasteiger partial charge on any atom is -0.339 e. The van der Waals surface area contributed by atoms with E-state index in [1.54, 1.807) is 0 Å². The normalized spacial score (nSPS) is 17.0. The molecule has 132 valence electrons. The molecule has 2 heterocycles. The molecule has 1 aliphatic carbocycles. The summed E-state index contributed by atoms with van der Waals surface area (Å²) in [6, 6.07) is 3.61. The van der Waals surface area contributed by atoms with Crippen LogP contribution in [-0.2, 0) is 24.6 Å². The number of fused-ring (bicyclic) bond motifs is 1. The van der Waals surface area contributed by atoms with Gasteiger partial charge in [0.15, 0.2) is 5.82 Å². The molecule has 0 saturated heterocycles. The maximum atomic E-state index is 12.8. The molecule has 0 unspecified atom stereocenters. The van der Waals surface area contributed by atoms with Crippen molar-refractivity contribution < 1.29 is 17.7 Å². The van der Waals surface area contributed by atoms with E-state index in [0.717, 1.165) is 41.1 Å². The summed E-state index contributed by atoms with van der Waals surface area (Å²) in [7, 11) is 0. The zero-order valence-electron chi connectivity index (χ0n) is 13.1. The molecule has 1 saturated carbocycles. The summed E-state index contributed by atoms with van der Waals surface area (Å²) in [6.45, 7) is 0. The van der Waals surface area contributed by atoms with Gasteiger partial charge in [0.25, 0.3) is 0 Å². The van der Waals surface area contributed by atoms with Crippen molar-refractivity contribution in [2.24, 2.45) is 5.73 Å². The summed E-state index contributed by atoms with van der Waals surface area (Å²) in [6.07, 6.45) is -0.588. The Morgan fingerprint density at radius 3 is 2.68 bits per heavy atom. The van der Waals surface area contributed by atoms with Crippen LogP contribution in [0.25, 0.3) is 10.2 Å². The highest BCUT2D eigenvalue weighted by Crippen LogP contribution is 2.37. The van der Waals surface area contributed by atoms with E-state index in [0.29, 0.717) is 30.1 Å². The molecule has 1 aliphatic rings. The molecular weight excluding hydrogens is 353 g/mol. The van der Waals surface area contributed by atoms with Crippen molar-refractivity contribution in [2.75, 3.05) is 0 Å². The number of nitrogens with zero attached hydrogens (tertiary/aromatic N) is 3. The molecule has 3 aromatic rings. The van der Waals surface area contributed by atoms with Crippen LogP contribution in [0, 0.1) is 0 Å². The highest BCUT2D eigenvalue weighted by Gasteiger charge is 2.39. The van der Waals surface area contributed by atoms with Gasteiger partial charge in [-0.3, -0.25) is 0 Å². The van der Waals surface area contributed by atoms with E-state index in [9.17, 15) is 13.2 Å². The standard InChI is InChI=1S/C16H15F3N4OS/c17-16(18,19)9-2-3-11-10(8-9)21-13(25-11)5-4-12-22-14(23-24-12)15(20)6-1-7-15/h2-3,8H,1,4-7,20H2. The maximum Gasteiger partial charge on any atom is 0.416 e. The van der Waals surface area contributed by atoms with Crippen LogP contribution < -0.4 is 5.73 Å². The van der Waals surface area contributed by atoms with Gasteiger partial charge < -0.3 is 10.3 Å². The lowest BCUT2D eigenvalue weighted by molar-refractivity contribution is -0.137. The summed E-state index contributed by atoms with van der Waals surface area (Å²) in [5.74, 6) is 1.01. The quantitative estimate of drug-likeness (QED) is 0.757. The number of thiazole rings is 1. The second-order valence-electron chi connectivity index (χ2n) is 6.31. The number of halogens is 3. The molecule has 25 heavy (non-hydrogen) atoms. The number of alkyl halides is 3. The van der Waals surface area contributed by atoms with Gasteiger partial charge in [0.1, 0.15) is 0 Å². The molecule has 0 atom stereocenters. The van der Waals surface area contributed by atoms with Crippen LogP contribution in [0.3, 0.4) is 0 Å². The van der Waals surface area contributed by atoms with Gasteiger partial charge in [-0.05, 0) is 37.5 Å². The SMILES string of the molecule is NC1(c2noc(CCc3nc4cc(C(F)(F)F)ccc4s3)n2)CCC1. The van der Waals surface area contributed by atoms with Crippen LogP contribution in [0.2, 0.25) is 0 Å². The highest BCUT2D eigenvalue weighted by atomic mass is 32.1. The van der Waals surface area contributed by atoms with E-state index in [2.05, 4.69) is 15.1 Å². The molecule has 0 amide bonds. The van der Waals surface area contributed by atoms with E-state index in [1.165, 1.54) is 17.4 Å². The Hall–Kier alpha value is -2.00. The first-order valence-corrected chi connectivity index (χ1v) is 8.74. The van der Waals surface area contributed by atoms with Crippen LogP contribution >= 0.6 is 11.3 Å². The smallest absolute Gasteiger partial charge is 0.339 e. The summed E-state index contributed by atoms with van der Waals surface area (Å²) in [5.41, 5.74) is 5.36. The number of rotatable bonds is 4. The first-order chi connectivity index (χ1) is 11.8. The van der Waals surface area contributed by atoms with Gasteiger partial charge in [-0.25, -0.2) is 4.98 Å². The molecule has 0 bridgehead atoms. The maximum absolute atomic E-state index is 12.8. The number of hydrogen-bond acceptors (Lipinski definition) is 6. The van der Waals surface area contributed by atoms with Gasteiger partial charge in [-0.1, -0.05) is 5.16 Å². The van der Waals surface area contributed by atoms with E-state index in [-0.39, 0.29) is 0 Å². The van der Waals surface area contributed by atoms with Crippen LogP contribution in [0.1, 0.15) is 41.5 Å². The van der Waals surface area contributed by atoms with Gasteiger partial charge in [-0.15, -0.1) is 11.3 Å². The fourth-order valence-corrected chi connectivity index (χ4v) is 3.76. The fraction of sp³-hybridized carbons (Fsp3) is 0.438. The molecule has 5 nitrogen and oxygen atoms in total. The van der Waals surface area contributed by atoms with E-state index in [1.807, 2.05) is 0 Å². The molecule has 0 aliphatic heterocycles. The molecule has 0 radical (unpaired) electrons. The number of nitrogens with two attached hydrogens (primary N) is 1. The summed E-state index contributed by atoms with van der Waals surface area (Å²) >= 11 is 1.37. The fourth-order valence-electron chi connectivity index (χ4n) is 2.81. The van der Waals surface area contributed by atoms with Gasteiger partial charge in [0, 0.05) is 12.8 Å². The largest absolute Gasteiger partial charge is 0.416 e. The second-order valence-corrected chi connectivity index (χ2v) is 7.42. The zero-order chi connectivity index (χ0) is 17.7. The van der Waals surface area contributed by atoms with Crippen LogP contribution in [0.4, 0.5) is 13.2 Å². The van der Waals surface area contributed by atoms with Crippen LogP contribution in [-0.4, -0.2) is 15.1 Å². The van der Waals surface area contributed by atoms with Gasteiger partial charge in [0.05, 0.1) is 26.3 Å². The minimum absolute atomic E-state index is 0.358. The van der Waals surface area contributed by atoms with Crippen molar-refractivity contribution in [2.45, 2.75) is 43.8 Å². The van der Waals surface area contributed by atoms with Crippen molar-refractivity contribution in [1.29, 1.82) is 0 Å². The third kappa shape index (κ3) is 3.13. The summed E-state index contributed by atoms with van der Waals surface area (Å²) < 4.78 is 44.2. The Labute approximate surface area is 145 Å². The Kier molecular flexibility index (Phi) is 3.80. The van der Waals surface area contributed by atoms with Crippen molar-refractivity contribution in [3.8, 4) is 0 Å². The van der Waals surface area contributed by atoms with E-state index < -0.39 is 17.3 Å². The van der Waals surface area contributed by atoms with Crippen molar-refractivity contribution in [3.05, 3.63) is 40.5 Å². The molecule has 0 spiro atoms. The monoisotopic (exact) mass is 368 g/mol.